The number of aliphatic hydroxyl groups is 1. The number of rotatable bonds is 6. The Morgan fingerprint density at radius 2 is 1.90 bits per heavy atom. The first kappa shape index (κ1) is 15.6. The summed E-state index contributed by atoms with van der Waals surface area (Å²) in [5, 5.41) is 17.7. The summed E-state index contributed by atoms with van der Waals surface area (Å²) >= 11 is 6.09. The largest absolute Gasteiger partial charge is 0.495 e. The number of halogens is 1. The van der Waals surface area contributed by atoms with Crippen LogP contribution in [0.15, 0.2) is 12.1 Å². The van der Waals surface area contributed by atoms with E-state index >= 15 is 0 Å². The van der Waals surface area contributed by atoms with E-state index in [1.54, 1.807) is 19.2 Å². The van der Waals surface area contributed by atoms with Crippen LogP contribution in [0.2, 0.25) is 5.02 Å². The number of aliphatic hydroxyl groups excluding tert-OH is 1. The standard InChI is InChI=1S/C13H16ClN3O4/c1-19-7-11-9(6-18)15-16-17(11)10-5-12(20-2)8(14)4-13(10)21-3/h4-5,18H,6-7H2,1-3H3. The van der Waals surface area contributed by atoms with Gasteiger partial charge in [0, 0.05) is 19.2 Å². The van der Waals surface area contributed by atoms with Crippen molar-refractivity contribution in [3.63, 3.8) is 0 Å². The third-order valence-electron chi connectivity index (χ3n) is 2.96. The minimum Gasteiger partial charge on any atom is -0.495 e. The van der Waals surface area contributed by atoms with Crippen LogP contribution in [0.25, 0.3) is 5.69 Å². The molecule has 0 bridgehead atoms. The maximum absolute atomic E-state index is 9.33. The lowest BCUT2D eigenvalue weighted by molar-refractivity contribution is 0.175. The summed E-state index contributed by atoms with van der Waals surface area (Å²) in [5.41, 5.74) is 1.66. The summed E-state index contributed by atoms with van der Waals surface area (Å²) in [6.07, 6.45) is 0. The molecule has 21 heavy (non-hydrogen) atoms. The Morgan fingerprint density at radius 1 is 1.19 bits per heavy atom. The van der Waals surface area contributed by atoms with Crippen LogP contribution < -0.4 is 9.47 Å². The van der Waals surface area contributed by atoms with E-state index in [9.17, 15) is 5.11 Å². The zero-order valence-electron chi connectivity index (χ0n) is 12.0. The molecule has 0 saturated carbocycles. The lowest BCUT2D eigenvalue weighted by atomic mass is 10.2. The van der Waals surface area contributed by atoms with Gasteiger partial charge in [0.05, 0.1) is 38.1 Å². The van der Waals surface area contributed by atoms with Crippen molar-refractivity contribution < 1.29 is 19.3 Å². The molecule has 0 aliphatic carbocycles. The summed E-state index contributed by atoms with van der Waals surface area (Å²) in [5.74, 6) is 0.990. The van der Waals surface area contributed by atoms with Crippen LogP contribution in [0.1, 0.15) is 11.4 Å². The average Bonchev–Trinajstić information content (AvgIpc) is 2.90. The van der Waals surface area contributed by atoms with Crippen molar-refractivity contribution in [3.05, 3.63) is 28.5 Å². The molecule has 7 nitrogen and oxygen atoms in total. The zero-order valence-corrected chi connectivity index (χ0v) is 12.7. The van der Waals surface area contributed by atoms with Crippen LogP contribution in [0.5, 0.6) is 11.5 Å². The summed E-state index contributed by atoms with van der Waals surface area (Å²) in [6, 6.07) is 3.32. The van der Waals surface area contributed by atoms with E-state index in [4.69, 9.17) is 25.8 Å². The fourth-order valence-corrected chi connectivity index (χ4v) is 2.17. The number of methoxy groups -OCH3 is 3. The second-order valence-corrected chi connectivity index (χ2v) is 4.55. The Morgan fingerprint density at radius 3 is 2.48 bits per heavy atom. The lowest BCUT2D eigenvalue weighted by Crippen LogP contribution is -2.07. The Bertz CT molecular complexity index is 630. The van der Waals surface area contributed by atoms with E-state index in [1.807, 2.05) is 0 Å². The van der Waals surface area contributed by atoms with Gasteiger partial charge in [0.15, 0.2) is 0 Å². The van der Waals surface area contributed by atoms with Crippen molar-refractivity contribution in [3.8, 4) is 17.2 Å². The van der Waals surface area contributed by atoms with Crippen molar-refractivity contribution in [1.82, 2.24) is 15.0 Å². The Labute approximate surface area is 127 Å². The molecule has 1 N–H and O–H groups in total. The SMILES string of the molecule is COCc1c(CO)nnn1-c1cc(OC)c(Cl)cc1OC. The molecule has 1 heterocycles. The maximum Gasteiger partial charge on any atom is 0.146 e. The van der Waals surface area contributed by atoms with Gasteiger partial charge in [0.2, 0.25) is 0 Å². The molecule has 8 heteroatoms. The number of aromatic nitrogens is 3. The summed E-state index contributed by atoms with van der Waals surface area (Å²) in [6.45, 7) is 0.0166. The molecule has 1 aromatic heterocycles. The minimum absolute atomic E-state index is 0.230. The van der Waals surface area contributed by atoms with Crippen LogP contribution >= 0.6 is 11.6 Å². The number of hydrogen-bond donors (Lipinski definition) is 1. The predicted molar refractivity (Wildman–Crippen MR) is 76.1 cm³/mol. The molecule has 1 aromatic carbocycles. The van der Waals surface area contributed by atoms with Gasteiger partial charge in [-0.2, -0.15) is 0 Å². The third kappa shape index (κ3) is 2.94. The van der Waals surface area contributed by atoms with Gasteiger partial charge in [-0.05, 0) is 0 Å². The van der Waals surface area contributed by atoms with Gasteiger partial charge >= 0.3 is 0 Å². The first-order valence-corrected chi connectivity index (χ1v) is 6.49. The van der Waals surface area contributed by atoms with E-state index < -0.39 is 0 Å². The monoisotopic (exact) mass is 313 g/mol. The van der Waals surface area contributed by atoms with Gasteiger partial charge in [-0.25, -0.2) is 4.68 Å². The molecule has 0 saturated heterocycles. The van der Waals surface area contributed by atoms with Crippen LogP contribution in [0, 0.1) is 0 Å². The number of benzene rings is 1. The first-order chi connectivity index (χ1) is 10.2. The van der Waals surface area contributed by atoms with E-state index in [0.717, 1.165) is 0 Å². The summed E-state index contributed by atoms with van der Waals surface area (Å²) in [4.78, 5) is 0. The Kier molecular flexibility index (Phi) is 5.00. The molecule has 0 spiro atoms. The van der Waals surface area contributed by atoms with E-state index in [2.05, 4.69) is 10.3 Å². The fourth-order valence-electron chi connectivity index (χ4n) is 1.94. The van der Waals surface area contributed by atoms with Gasteiger partial charge in [0.25, 0.3) is 0 Å². The second-order valence-electron chi connectivity index (χ2n) is 4.14. The molecule has 0 fully saturated rings. The molecule has 0 aliphatic rings. The molecule has 0 amide bonds. The summed E-state index contributed by atoms with van der Waals surface area (Å²) < 4.78 is 17.2. The lowest BCUT2D eigenvalue weighted by Gasteiger charge is -2.13. The highest BCUT2D eigenvalue weighted by Crippen LogP contribution is 2.35. The van der Waals surface area contributed by atoms with Crippen LogP contribution in [0.3, 0.4) is 0 Å². The predicted octanol–water partition coefficient (Wildman–Crippen LogP) is 1.58. The Balaban J connectivity index is 2.62. The highest BCUT2D eigenvalue weighted by Gasteiger charge is 2.18. The zero-order chi connectivity index (χ0) is 15.4. The van der Waals surface area contributed by atoms with Crippen LogP contribution in [-0.2, 0) is 18.0 Å². The molecule has 0 aliphatic heterocycles. The third-order valence-corrected chi connectivity index (χ3v) is 3.25. The smallest absolute Gasteiger partial charge is 0.146 e. The van der Waals surface area contributed by atoms with Crippen LogP contribution in [0.4, 0.5) is 0 Å². The molecule has 114 valence electrons. The molecule has 2 aromatic rings. The van der Waals surface area contributed by atoms with Crippen molar-refractivity contribution in [2.24, 2.45) is 0 Å². The quantitative estimate of drug-likeness (QED) is 0.872. The number of nitrogens with zero attached hydrogens (tertiary/aromatic N) is 3. The maximum atomic E-state index is 9.33. The highest BCUT2D eigenvalue weighted by molar-refractivity contribution is 6.32. The van der Waals surface area contributed by atoms with Crippen molar-refractivity contribution in [2.45, 2.75) is 13.2 Å². The van der Waals surface area contributed by atoms with Gasteiger partial charge < -0.3 is 19.3 Å². The van der Waals surface area contributed by atoms with Crippen LogP contribution in [-0.4, -0.2) is 41.4 Å². The van der Waals surface area contributed by atoms with E-state index in [-0.39, 0.29) is 13.2 Å². The van der Waals surface area contributed by atoms with Gasteiger partial charge in [0.1, 0.15) is 22.9 Å². The first-order valence-electron chi connectivity index (χ1n) is 6.11. The second kappa shape index (κ2) is 6.75. The minimum atomic E-state index is -0.230. The van der Waals surface area contributed by atoms with Gasteiger partial charge in [-0.15, -0.1) is 5.10 Å². The summed E-state index contributed by atoms with van der Waals surface area (Å²) in [7, 11) is 4.60. The van der Waals surface area contributed by atoms with Gasteiger partial charge in [-0.1, -0.05) is 16.8 Å². The normalized spacial score (nSPS) is 10.7. The molecular weight excluding hydrogens is 298 g/mol. The van der Waals surface area contributed by atoms with Crippen molar-refractivity contribution in [1.29, 1.82) is 0 Å². The molecule has 0 radical (unpaired) electrons. The highest BCUT2D eigenvalue weighted by atomic mass is 35.5. The molecule has 0 atom stereocenters. The number of ether oxygens (including phenoxy) is 3. The van der Waals surface area contributed by atoms with Crippen molar-refractivity contribution in [2.75, 3.05) is 21.3 Å². The van der Waals surface area contributed by atoms with E-state index in [1.165, 1.54) is 18.9 Å². The topological polar surface area (TPSA) is 78.6 Å². The number of hydrogen-bond acceptors (Lipinski definition) is 6. The molecule has 2 rings (SSSR count). The van der Waals surface area contributed by atoms with E-state index in [0.29, 0.717) is 33.6 Å². The fraction of sp³-hybridized carbons (Fsp3) is 0.385. The Hall–Kier alpha value is -1.83. The molecular formula is C13H16ClN3O4. The van der Waals surface area contributed by atoms with Gasteiger partial charge in [-0.3, -0.25) is 0 Å². The average molecular weight is 314 g/mol. The van der Waals surface area contributed by atoms with Crippen molar-refractivity contribution >= 4 is 11.6 Å². The molecule has 0 unspecified atom stereocenters.